The second kappa shape index (κ2) is 9.85. The molecule has 0 atom stereocenters. The molecule has 1 fully saturated rings. The van der Waals surface area contributed by atoms with Gasteiger partial charge in [0.1, 0.15) is 5.82 Å². The van der Waals surface area contributed by atoms with Crippen LogP contribution in [0.3, 0.4) is 0 Å². The Morgan fingerprint density at radius 3 is 2.59 bits per heavy atom. The minimum absolute atomic E-state index is 0.177. The van der Waals surface area contributed by atoms with E-state index in [1.165, 1.54) is 43.2 Å². The van der Waals surface area contributed by atoms with Crippen LogP contribution in [-0.4, -0.2) is 6.61 Å². The molecule has 1 aliphatic rings. The van der Waals surface area contributed by atoms with Crippen molar-refractivity contribution in [1.82, 2.24) is 0 Å². The van der Waals surface area contributed by atoms with Crippen LogP contribution >= 0.6 is 0 Å². The summed E-state index contributed by atoms with van der Waals surface area (Å²) >= 11 is 0. The number of hydrogen-bond acceptors (Lipinski definition) is 1. The third-order valence-electron chi connectivity index (χ3n) is 5.85. The highest BCUT2D eigenvalue weighted by Crippen LogP contribution is 2.41. The molecule has 0 bridgehead atoms. The molecule has 1 aliphatic carbocycles. The van der Waals surface area contributed by atoms with Gasteiger partial charge in [0.15, 0.2) is 0 Å². The van der Waals surface area contributed by atoms with Gasteiger partial charge in [-0.3, -0.25) is 0 Å². The molecule has 3 rings (SSSR count). The molecule has 2 aromatic rings. The Labute approximate surface area is 163 Å². The van der Waals surface area contributed by atoms with Gasteiger partial charge in [0, 0.05) is 12.2 Å². The summed E-state index contributed by atoms with van der Waals surface area (Å²) in [6.07, 6.45) is 9.45. The highest BCUT2D eigenvalue weighted by Gasteiger charge is 2.24. The zero-order chi connectivity index (χ0) is 19.1. The van der Waals surface area contributed by atoms with Crippen LogP contribution in [0.25, 0.3) is 11.1 Å². The first-order valence-corrected chi connectivity index (χ1v) is 10.3. The average Bonchev–Trinajstić information content (AvgIpc) is 2.72. The normalized spacial score (nSPS) is 19.8. The second-order valence-electron chi connectivity index (χ2n) is 7.61. The van der Waals surface area contributed by atoms with Gasteiger partial charge in [-0.25, -0.2) is 4.39 Å². The summed E-state index contributed by atoms with van der Waals surface area (Å²) in [4.78, 5) is 0. The Morgan fingerprint density at radius 1 is 1.11 bits per heavy atom. The van der Waals surface area contributed by atoms with Crippen LogP contribution in [-0.2, 0) is 11.3 Å². The van der Waals surface area contributed by atoms with Gasteiger partial charge in [-0.2, -0.15) is 0 Å². The first-order chi connectivity index (χ1) is 13.2. The van der Waals surface area contributed by atoms with Crippen molar-refractivity contribution in [2.75, 3.05) is 6.61 Å². The van der Waals surface area contributed by atoms with Gasteiger partial charge in [-0.05, 0) is 80.0 Å². The molecule has 27 heavy (non-hydrogen) atoms. The third-order valence-corrected chi connectivity index (χ3v) is 5.85. The molecule has 1 nitrogen and oxygen atoms in total. The van der Waals surface area contributed by atoms with Gasteiger partial charge in [0.05, 0.1) is 6.61 Å². The zero-order valence-corrected chi connectivity index (χ0v) is 16.4. The third kappa shape index (κ3) is 5.07. The molecule has 0 spiro atoms. The van der Waals surface area contributed by atoms with Gasteiger partial charge in [0.2, 0.25) is 0 Å². The van der Waals surface area contributed by atoms with Gasteiger partial charge in [0.25, 0.3) is 0 Å². The summed E-state index contributed by atoms with van der Waals surface area (Å²) in [5.74, 6) is 1.23. The van der Waals surface area contributed by atoms with Crippen LogP contribution in [0.5, 0.6) is 0 Å². The van der Waals surface area contributed by atoms with Crippen LogP contribution in [0.2, 0.25) is 0 Å². The van der Waals surface area contributed by atoms with Crippen molar-refractivity contribution in [3.63, 3.8) is 0 Å². The SMILES string of the molecule is C=CCC[C@H]1CC[C@H](c2ccccc2-c2ccc(COCC)c(F)c2)CC1. The van der Waals surface area contributed by atoms with Crippen molar-refractivity contribution in [1.29, 1.82) is 0 Å². The molecule has 0 radical (unpaired) electrons. The fraction of sp³-hybridized carbons (Fsp3) is 0.440. The zero-order valence-electron chi connectivity index (χ0n) is 16.4. The standard InChI is InChI=1S/C25H31FO/c1-3-5-8-19-11-13-20(14-12-19)23-9-6-7-10-24(23)21-15-16-22(18-27-4-2)25(26)17-21/h3,6-7,9-10,15-17,19-20H,1,4-5,8,11-14,18H2,2H3/t19-,20-. The van der Waals surface area contributed by atoms with E-state index in [9.17, 15) is 4.39 Å². The second-order valence-corrected chi connectivity index (χ2v) is 7.61. The average molecular weight is 367 g/mol. The lowest BCUT2D eigenvalue weighted by molar-refractivity contribution is 0.131. The minimum Gasteiger partial charge on any atom is -0.377 e. The maximum absolute atomic E-state index is 14.5. The fourth-order valence-corrected chi connectivity index (χ4v) is 4.28. The molecular formula is C25H31FO. The number of halogens is 1. The summed E-state index contributed by atoms with van der Waals surface area (Å²) in [6.45, 7) is 6.70. The van der Waals surface area contributed by atoms with Crippen LogP contribution in [0.15, 0.2) is 55.1 Å². The molecule has 0 heterocycles. The summed E-state index contributed by atoms with van der Waals surface area (Å²) in [6, 6.07) is 14.1. The molecule has 0 aromatic heterocycles. The van der Waals surface area contributed by atoms with Crippen molar-refractivity contribution in [2.45, 2.75) is 58.0 Å². The number of ether oxygens (including phenoxy) is 1. The summed E-state index contributed by atoms with van der Waals surface area (Å²) in [7, 11) is 0. The van der Waals surface area contributed by atoms with Gasteiger partial charge in [-0.1, -0.05) is 42.5 Å². The van der Waals surface area contributed by atoms with Crippen molar-refractivity contribution in [2.24, 2.45) is 5.92 Å². The van der Waals surface area contributed by atoms with Crippen molar-refractivity contribution in [3.05, 3.63) is 72.1 Å². The number of rotatable bonds is 8. The molecule has 0 N–H and O–H groups in total. The quantitative estimate of drug-likeness (QED) is 0.446. The number of benzene rings is 2. The molecule has 2 aromatic carbocycles. The molecular weight excluding hydrogens is 335 g/mol. The Balaban J connectivity index is 1.77. The number of allylic oxidation sites excluding steroid dienone is 1. The molecule has 144 valence electrons. The van der Waals surface area contributed by atoms with Crippen LogP contribution < -0.4 is 0 Å². The highest BCUT2D eigenvalue weighted by molar-refractivity contribution is 5.68. The first kappa shape index (κ1) is 19.8. The van der Waals surface area contributed by atoms with Crippen LogP contribution in [0.1, 0.15) is 62.5 Å². The molecule has 0 aliphatic heterocycles. The lowest BCUT2D eigenvalue weighted by Gasteiger charge is -2.30. The van der Waals surface area contributed by atoms with Crippen molar-refractivity contribution in [3.8, 4) is 11.1 Å². The fourth-order valence-electron chi connectivity index (χ4n) is 4.28. The van der Waals surface area contributed by atoms with E-state index in [1.54, 1.807) is 6.07 Å². The number of hydrogen-bond donors (Lipinski definition) is 0. The van der Waals surface area contributed by atoms with E-state index >= 15 is 0 Å². The van der Waals surface area contributed by atoms with Crippen molar-refractivity contribution >= 4 is 0 Å². The smallest absolute Gasteiger partial charge is 0.129 e. The van der Waals surface area contributed by atoms with Crippen LogP contribution in [0.4, 0.5) is 4.39 Å². The van der Waals surface area contributed by atoms with Gasteiger partial charge >= 0.3 is 0 Å². The Bertz CT molecular complexity index is 744. The van der Waals surface area contributed by atoms with E-state index < -0.39 is 0 Å². The van der Waals surface area contributed by atoms with E-state index in [0.717, 1.165) is 17.9 Å². The van der Waals surface area contributed by atoms with Crippen LogP contribution in [0, 0.1) is 11.7 Å². The maximum Gasteiger partial charge on any atom is 0.129 e. The Hall–Kier alpha value is -1.93. The van der Waals surface area contributed by atoms with E-state index in [0.29, 0.717) is 24.7 Å². The molecule has 1 saturated carbocycles. The molecule has 0 unspecified atom stereocenters. The lowest BCUT2D eigenvalue weighted by atomic mass is 9.75. The van der Waals surface area contributed by atoms with E-state index in [4.69, 9.17) is 4.74 Å². The Morgan fingerprint density at radius 2 is 1.89 bits per heavy atom. The van der Waals surface area contributed by atoms with Crippen molar-refractivity contribution < 1.29 is 9.13 Å². The van der Waals surface area contributed by atoms with Gasteiger partial charge < -0.3 is 4.74 Å². The van der Waals surface area contributed by atoms with Gasteiger partial charge in [-0.15, -0.1) is 6.58 Å². The molecule has 2 heteroatoms. The monoisotopic (exact) mass is 366 g/mol. The topological polar surface area (TPSA) is 9.23 Å². The maximum atomic E-state index is 14.5. The first-order valence-electron chi connectivity index (χ1n) is 10.3. The predicted octanol–water partition coefficient (Wildman–Crippen LogP) is 7.27. The van der Waals surface area contributed by atoms with E-state index in [-0.39, 0.29) is 5.82 Å². The summed E-state index contributed by atoms with van der Waals surface area (Å²) in [5, 5.41) is 0. The lowest BCUT2D eigenvalue weighted by Crippen LogP contribution is -2.14. The summed E-state index contributed by atoms with van der Waals surface area (Å²) in [5.41, 5.74) is 4.14. The highest BCUT2D eigenvalue weighted by atomic mass is 19.1. The van der Waals surface area contributed by atoms with E-state index in [1.807, 2.05) is 25.1 Å². The molecule has 0 amide bonds. The minimum atomic E-state index is -0.177. The predicted molar refractivity (Wildman–Crippen MR) is 111 cm³/mol. The summed E-state index contributed by atoms with van der Waals surface area (Å²) < 4.78 is 19.9. The Kier molecular flexibility index (Phi) is 7.23. The largest absolute Gasteiger partial charge is 0.377 e. The molecule has 0 saturated heterocycles. The van der Waals surface area contributed by atoms with E-state index in [2.05, 4.69) is 30.8 Å².